The molecule has 3 aromatic rings. The van der Waals surface area contributed by atoms with Crippen molar-refractivity contribution in [2.75, 3.05) is 17.4 Å². The van der Waals surface area contributed by atoms with Crippen molar-refractivity contribution in [1.82, 2.24) is 9.97 Å². The van der Waals surface area contributed by atoms with Crippen LogP contribution in [-0.4, -0.2) is 22.9 Å². The van der Waals surface area contributed by atoms with Crippen LogP contribution >= 0.6 is 0 Å². The van der Waals surface area contributed by atoms with Crippen LogP contribution in [-0.2, 0) is 6.54 Å². The number of rotatable bonds is 7. The normalized spacial score (nSPS) is 12.1. The molecule has 2 heterocycles. The molecule has 0 saturated heterocycles. The second-order valence-corrected chi connectivity index (χ2v) is 6.62. The number of benzene rings is 2. The van der Waals surface area contributed by atoms with Crippen LogP contribution in [0.25, 0.3) is 0 Å². The highest BCUT2D eigenvalue weighted by atomic mass is 16.7. The number of ether oxygens (including phenoxy) is 3. The first-order valence-electron chi connectivity index (χ1n) is 9.15. The maximum atomic E-state index is 5.65. The predicted molar refractivity (Wildman–Crippen MR) is 107 cm³/mol. The summed E-state index contributed by atoms with van der Waals surface area (Å²) < 4.78 is 16.4. The zero-order valence-electron chi connectivity index (χ0n) is 15.8. The van der Waals surface area contributed by atoms with Gasteiger partial charge in [-0.15, -0.1) is 0 Å². The molecule has 0 fully saturated rings. The highest BCUT2D eigenvalue weighted by Crippen LogP contribution is 2.32. The molecule has 2 N–H and O–H groups in total. The Morgan fingerprint density at radius 2 is 1.86 bits per heavy atom. The van der Waals surface area contributed by atoms with Crippen LogP contribution in [0.15, 0.2) is 54.7 Å². The van der Waals surface area contributed by atoms with Crippen molar-refractivity contribution in [3.8, 4) is 17.2 Å². The Hall–Kier alpha value is -3.48. The molecular weight excluding hydrogens is 356 g/mol. The van der Waals surface area contributed by atoms with E-state index in [2.05, 4.69) is 20.6 Å². The molecule has 1 aliphatic rings. The van der Waals surface area contributed by atoms with E-state index in [0.29, 0.717) is 12.5 Å². The van der Waals surface area contributed by atoms with E-state index in [1.807, 2.05) is 62.4 Å². The van der Waals surface area contributed by atoms with Crippen LogP contribution in [0.1, 0.15) is 19.4 Å². The molecule has 2 aromatic carbocycles. The molecule has 0 unspecified atom stereocenters. The highest BCUT2D eigenvalue weighted by molar-refractivity contribution is 5.56. The molecule has 4 rings (SSSR count). The van der Waals surface area contributed by atoms with Gasteiger partial charge in [0.25, 0.3) is 0 Å². The van der Waals surface area contributed by atoms with Crippen molar-refractivity contribution < 1.29 is 14.2 Å². The standard InChI is InChI=1S/C21H22N4O3/c1-14(2)28-17-6-4-16(5-7-17)24-21-22-10-9-20(25-21)23-12-15-3-8-18-19(11-15)27-13-26-18/h3-11,14H,12-13H2,1-2H3,(H2,22,23,24,25). The fraction of sp³-hybridized carbons (Fsp3) is 0.238. The molecule has 7 heteroatoms. The number of nitrogens with zero attached hydrogens (tertiary/aromatic N) is 2. The Morgan fingerprint density at radius 3 is 2.68 bits per heavy atom. The fourth-order valence-corrected chi connectivity index (χ4v) is 2.78. The Balaban J connectivity index is 1.37. The number of fused-ring (bicyclic) bond motifs is 1. The molecule has 1 aromatic heterocycles. The number of hydrogen-bond acceptors (Lipinski definition) is 7. The van der Waals surface area contributed by atoms with Crippen LogP contribution in [0, 0.1) is 0 Å². The van der Waals surface area contributed by atoms with E-state index in [0.717, 1.165) is 34.3 Å². The zero-order chi connectivity index (χ0) is 19.3. The Bertz CT molecular complexity index is 945. The molecule has 0 radical (unpaired) electrons. The average Bonchev–Trinajstić information content (AvgIpc) is 3.16. The van der Waals surface area contributed by atoms with Gasteiger partial charge in [-0.05, 0) is 61.9 Å². The van der Waals surface area contributed by atoms with E-state index in [1.165, 1.54) is 0 Å². The van der Waals surface area contributed by atoms with Gasteiger partial charge < -0.3 is 24.8 Å². The lowest BCUT2D eigenvalue weighted by Crippen LogP contribution is -2.06. The summed E-state index contributed by atoms with van der Waals surface area (Å²) in [7, 11) is 0. The summed E-state index contributed by atoms with van der Waals surface area (Å²) in [6.07, 6.45) is 1.86. The van der Waals surface area contributed by atoms with Crippen LogP contribution in [0.2, 0.25) is 0 Å². The lowest BCUT2D eigenvalue weighted by Gasteiger charge is -2.11. The van der Waals surface area contributed by atoms with Crippen molar-refractivity contribution in [2.24, 2.45) is 0 Å². The van der Waals surface area contributed by atoms with Gasteiger partial charge in [0.05, 0.1) is 6.10 Å². The van der Waals surface area contributed by atoms with Crippen molar-refractivity contribution in [3.05, 3.63) is 60.3 Å². The molecule has 0 spiro atoms. The van der Waals surface area contributed by atoms with Crippen molar-refractivity contribution in [1.29, 1.82) is 0 Å². The van der Waals surface area contributed by atoms with E-state index in [4.69, 9.17) is 14.2 Å². The number of hydrogen-bond donors (Lipinski definition) is 2. The number of nitrogens with one attached hydrogen (secondary N) is 2. The summed E-state index contributed by atoms with van der Waals surface area (Å²) in [5, 5.41) is 6.50. The second kappa shape index (κ2) is 8.04. The summed E-state index contributed by atoms with van der Waals surface area (Å²) in [5.74, 6) is 3.64. The average molecular weight is 378 g/mol. The van der Waals surface area contributed by atoms with Crippen LogP contribution in [0.3, 0.4) is 0 Å². The minimum atomic E-state index is 0.148. The third kappa shape index (κ3) is 4.43. The lowest BCUT2D eigenvalue weighted by atomic mass is 10.2. The van der Waals surface area contributed by atoms with Gasteiger partial charge in [-0.2, -0.15) is 4.98 Å². The quantitative estimate of drug-likeness (QED) is 0.633. The maximum Gasteiger partial charge on any atom is 0.231 e. The van der Waals surface area contributed by atoms with Gasteiger partial charge >= 0.3 is 0 Å². The summed E-state index contributed by atoms with van der Waals surface area (Å²) in [5.41, 5.74) is 1.97. The Morgan fingerprint density at radius 1 is 1.04 bits per heavy atom. The third-order valence-electron chi connectivity index (χ3n) is 4.05. The smallest absolute Gasteiger partial charge is 0.231 e. The summed E-state index contributed by atoms with van der Waals surface area (Å²) in [4.78, 5) is 8.78. The van der Waals surface area contributed by atoms with Gasteiger partial charge in [-0.3, -0.25) is 0 Å². The lowest BCUT2D eigenvalue weighted by molar-refractivity contribution is 0.174. The third-order valence-corrected chi connectivity index (χ3v) is 4.05. The SMILES string of the molecule is CC(C)Oc1ccc(Nc2nccc(NCc3ccc4c(c3)OCO4)n2)cc1. The molecule has 0 amide bonds. The first-order chi connectivity index (χ1) is 13.7. The topological polar surface area (TPSA) is 77.5 Å². The van der Waals surface area contributed by atoms with E-state index in [-0.39, 0.29) is 12.9 Å². The maximum absolute atomic E-state index is 5.65. The summed E-state index contributed by atoms with van der Waals surface area (Å²) in [6, 6.07) is 15.4. The summed E-state index contributed by atoms with van der Waals surface area (Å²) in [6.45, 7) is 4.90. The van der Waals surface area contributed by atoms with Crippen LogP contribution in [0.4, 0.5) is 17.5 Å². The molecule has 0 bridgehead atoms. The van der Waals surface area contributed by atoms with Gasteiger partial charge in [-0.25, -0.2) is 4.98 Å². The molecule has 144 valence electrons. The first kappa shape index (κ1) is 17.9. The number of aromatic nitrogens is 2. The molecule has 7 nitrogen and oxygen atoms in total. The largest absolute Gasteiger partial charge is 0.491 e. The van der Waals surface area contributed by atoms with E-state index in [9.17, 15) is 0 Å². The Kier molecular flexibility index (Phi) is 5.14. The van der Waals surface area contributed by atoms with Crippen LogP contribution in [0.5, 0.6) is 17.2 Å². The van der Waals surface area contributed by atoms with E-state index < -0.39 is 0 Å². The molecule has 0 aliphatic carbocycles. The fourth-order valence-electron chi connectivity index (χ4n) is 2.78. The number of anilines is 3. The molecular formula is C21H22N4O3. The Labute approximate surface area is 163 Å². The predicted octanol–water partition coefficient (Wildman–Crippen LogP) is 4.35. The summed E-state index contributed by atoms with van der Waals surface area (Å²) >= 11 is 0. The molecule has 1 aliphatic heterocycles. The van der Waals surface area contributed by atoms with Crippen molar-refractivity contribution in [3.63, 3.8) is 0 Å². The van der Waals surface area contributed by atoms with Gasteiger partial charge in [0.2, 0.25) is 12.7 Å². The van der Waals surface area contributed by atoms with Crippen LogP contribution < -0.4 is 24.8 Å². The molecule has 0 saturated carbocycles. The minimum absolute atomic E-state index is 0.148. The van der Waals surface area contributed by atoms with E-state index in [1.54, 1.807) is 6.20 Å². The van der Waals surface area contributed by atoms with E-state index >= 15 is 0 Å². The van der Waals surface area contributed by atoms with Crippen molar-refractivity contribution >= 4 is 17.5 Å². The van der Waals surface area contributed by atoms with Gasteiger partial charge in [0.15, 0.2) is 11.5 Å². The zero-order valence-corrected chi connectivity index (χ0v) is 15.8. The minimum Gasteiger partial charge on any atom is -0.491 e. The highest BCUT2D eigenvalue weighted by Gasteiger charge is 2.13. The van der Waals surface area contributed by atoms with Gasteiger partial charge in [0, 0.05) is 18.4 Å². The monoisotopic (exact) mass is 378 g/mol. The molecule has 0 atom stereocenters. The molecule has 28 heavy (non-hydrogen) atoms. The van der Waals surface area contributed by atoms with Crippen molar-refractivity contribution in [2.45, 2.75) is 26.5 Å². The second-order valence-electron chi connectivity index (χ2n) is 6.62. The van der Waals surface area contributed by atoms with Gasteiger partial charge in [0.1, 0.15) is 11.6 Å². The van der Waals surface area contributed by atoms with Gasteiger partial charge in [-0.1, -0.05) is 6.07 Å². The first-order valence-corrected chi connectivity index (χ1v) is 9.15.